The monoisotopic (exact) mass is 228 g/mol. The first kappa shape index (κ1) is 13.5. The Labute approximate surface area is 97.8 Å². The van der Waals surface area contributed by atoms with Gasteiger partial charge >= 0.3 is 0 Å². The van der Waals surface area contributed by atoms with E-state index in [2.05, 4.69) is 0 Å². The molecule has 0 saturated heterocycles. The second kappa shape index (κ2) is 6.21. The van der Waals surface area contributed by atoms with Crippen molar-refractivity contribution in [2.75, 3.05) is 13.6 Å². The number of carbonyl (C=O) groups excluding carboxylic acids is 1. The number of amides is 1. The Morgan fingerprint density at radius 3 is 2.81 bits per heavy atom. The molecule has 1 aliphatic rings. The van der Waals surface area contributed by atoms with Crippen LogP contribution in [0.25, 0.3) is 0 Å². The van der Waals surface area contributed by atoms with Crippen LogP contribution in [0.2, 0.25) is 0 Å². The zero-order chi connectivity index (χ0) is 12.1. The van der Waals surface area contributed by atoms with Crippen LogP contribution in [0.5, 0.6) is 0 Å². The summed E-state index contributed by atoms with van der Waals surface area (Å²) in [6.07, 6.45) is 4.18. The van der Waals surface area contributed by atoms with Gasteiger partial charge in [-0.3, -0.25) is 4.79 Å². The molecule has 4 heteroatoms. The van der Waals surface area contributed by atoms with E-state index >= 15 is 0 Å². The molecule has 16 heavy (non-hydrogen) atoms. The first-order valence-electron chi connectivity index (χ1n) is 6.19. The van der Waals surface area contributed by atoms with Gasteiger partial charge in [-0.15, -0.1) is 0 Å². The van der Waals surface area contributed by atoms with Crippen molar-refractivity contribution in [3.05, 3.63) is 0 Å². The minimum absolute atomic E-state index is 0.0998. The maximum absolute atomic E-state index is 12.0. The van der Waals surface area contributed by atoms with Crippen LogP contribution in [0.3, 0.4) is 0 Å². The van der Waals surface area contributed by atoms with Gasteiger partial charge in [-0.05, 0) is 32.6 Å². The molecule has 0 heterocycles. The van der Waals surface area contributed by atoms with Crippen LogP contribution < -0.4 is 5.73 Å². The summed E-state index contributed by atoms with van der Waals surface area (Å²) >= 11 is 0. The van der Waals surface area contributed by atoms with E-state index in [-0.39, 0.29) is 24.0 Å². The summed E-state index contributed by atoms with van der Waals surface area (Å²) in [5.41, 5.74) is 5.87. The van der Waals surface area contributed by atoms with Crippen molar-refractivity contribution in [3.8, 4) is 0 Å². The van der Waals surface area contributed by atoms with Gasteiger partial charge in [0.1, 0.15) is 0 Å². The van der Waals surface area contributed by atoms with Crippen molar-refractivity contribution in [1.29, 1.82) is 0 Å². The average Bonchev–Trinajstić information content (AvgIpc) is 2.24. The predicted octanol–water partition coefficient (Wildman–Crippen LogP) is 0.733. The lowest BCUT2D eigenvalue weighted by Crippen LogP contribution is -2.39. The van der Waals surface area contributed by atoms with E-state index in [4.69, 9.17) is 5.73 Å². The molecule has 1 amide bonds. The van der Waals surface area contributed by atoms with E-state index in [9.17, 15) is 9.90 Å². The van der Waals surface area contributed by atoms with Crippen LogP contribution in [0, 0.1) is 5.92 Å². The normalized spacial score (nSPS) is 27.5. The number of aliphatic hydroxyl groups is 1. The first-order chi connectivity index (χ1) is 7.50. The summed E-state index contributed by atoms with van der Waals surface area (Å²) in [6, 6.07) is 0.188. The quantitative estimate of drug-likeness (QED) is 0.745. The van der Waals surface area contributed by atoms with E-state index in [1.165, 1.54) is 0 Å². The van der Waals surface area contributed by atoms with E-state index in [1.54, 1.807) is 11.8 Å². The van der Waals surface area contributed by atoms with Crippen LogP contribution in [0.15, 0.2) is 0 Å². The van der Waals surface area contributed by atoms with Gasteiger partial charge in [0.25, 0.3) is 0 Å². The summed E-state index contributed by atoms with van der Waals surface area (Å²) in [5, 5.41) is 9.18. The number of hydrogen-bond donors (Lipinski definition) is 2. The average molecular weight is 228 g/mol. The molecule has 0 spiro atoms. The fourth-order valence-corrected chi connectivity index (χ4v) is 2.25. The molecule has 4 nitrogen and oxygen atoms in total. The first-order valence-corrected chi connectivity index (χ1v) is 6.19. The molecule has 0 aromatic rings. The molecule has 3 unspecified atom stereocenters. The largest absolute Gasteiger partial charge is 0.393 e. The number of nitrogens with two attached hydrogens (primary N) is 1. The second-order valence-corrected chi connectivity index (χ2v) is 5.02. The van der Waals surface area contributed by atoms with Crippen molar-refractivity contribution < 1.29 is 9.90 Å². The Hall–Kier alpha value is -0.610. The standard InChI is InChI=1S/C12H24N2O2/c1-9(15)6-7-14(2)12(16)10-4-3-5-11(13)8-10/h9-11,15H,3-8,13H2,1-2H3. The van der Waals surface area contributed by atoms with Gasteiger partial charge in [0.2, 0.25) is 5.91 Å². The van der Waals surface area contributed by atoms with Gasteiger partial charge < -0.3 is 15.7 Å². The summed E-state index contributed by atoms with van der Waals surface area (Å²) < 4.78 is 0. The van der Waals surface area contributed by atoms with Crippen molar-refractivity contribution >= 4 is 5.91 Å². The maximum Gasteiger partial charge on any atom is 0.225 e. The molecule has 0 aromatic heterocycles. The van der Waals surface area contributed by atoms with Crippen molar-refractivity contribution in [3.63, 3.8) is 0 Å². The highest BCUT2D eigenvalue weighted by Crippen LogP contribution is 2.24. The SMILES string of the molecule is CC(O)CCN(C)C(=O)C1CCCC(N)C1. The molecule has 3 N–H and O–H groups in total. The molecular weight excluding hydrogens is 204 g/mol. The van der Waals surface area contributed by atoms with Gasteiger partial charge in [0, 0.05) is 25.6 Å². The lowest BCUT2D eigenvalue weighted by Gasteiger charge is -2.29. The highest BCUT2D eigenvalue weighted by atomic mass is 16.3. The molecule has 94 valence electrons. The van der Waals surface area contributed by atoms with Gasteiger partial charge in [0.05, 0.1) is 6.10 Å². The molecule has 3 atom stereocenters. The van der Waals surface area contributed by atoms with Gasteiger partial charge in [0.15, 0.2) is 0 Å². The third-order valence-corrected chi connectivity index (χ3v) is 3.32. The summed E-state index contributed by atoms with van der Waals surface area (Å²) in [5.74, 6) is 0.290. The van der Waals surface area contributed by atoms with E-state index < -0.39 is 0 Å². The lowest BCUT2D eigenvalue weighted by molar-refractivity contribution is -0.135. The van der Waals surface area contributed by atoms with Crippen LogP contribution in [0.1, 0.15) is 39.0 Å². The molecule has 1 rings (SSSR count). The zero-order valence-corrected chi connectivity index (χ0v) is 10.4. The molecule has 1 aliphatic carbocycles. The minimum Gasteiger partial charge on any atom is -0.393 e. The summed E-state index contributed by atoms with van der Waals surface area (Å²) in [6.45, 7) is 2.37. The van der Waals surface area contributed by atoms with E-state index in [0.29, 0.717) is 13.0 Å². The highest BCUT2D eigenvalue weighted by molar-refractivity contribution is 5.78. The van der Waals surface area contributed by atoms with Gasteiger partial charge in [-0.1, -0.05) is 6.42 Å². The van der Waals surface area contributed by atoms with Crippen molar-refractivity contribution in [1.82, 2.24) is 4.90 Å². The summed E-state index contributed by atoms with van der Waals surface area (Å²) in [4.78, 5) is 13.8. The zero-order valence-electron chi connectivity index (χ0n) is 10.4. The second-order valence-electron chi connectivity index (χ2n) is 5.02. The number of carbonyl (C=O) groups is 1. The van der Waals surface area contributed by atoms with Crippen LogP contribution in [-0.2, 0) is 4.79 Å². The van der Waals surface area contributed by atoms with E-state index in [0.717, 1.165) is 25.7 Å². The fourth-order valence-electron chi connectivity index (χ4n) is 2.25. The molecule has 0 aromatic carbocycles. The fraction of sp³-hybridized carbons (Fsp3) is 0.917. The smallest absolute Gasteiger partial charge is 0.225 e. The third-order valence-electron chi connectivity index (χ3n) is 3.32. The maximum atomic E-state index is 12.0. The van der Waals surface area contributed by atoms with E-state index in [1.807, 2.05) is 7.05 Å². The minimum atomic E-state index is -0.344. The predicted molar refractivity (Wildman–Crippen MR) is 63.9 cm³/mol. The Kier molecular flexibility index (Phi) is 5.22. The number of nitrogens with zero attached hydrogens (tertiary/aromatic N) is 1. The van der Waals surface area contributed by atoms with Crippen LogP contribution in [0.4, 0.5) is 0 Å². The summed E-state index contributed by atoms with van der Waals surface area (Å²) in [7, 11) is 1.81. The Morgan fingerprint density at radius 2 is 2.25 bits per heavy atom. The molecule has 1 fully saturated rings. The number of hydrogen-bond acceptors (Lipinski definition) is 3. The molecule has 0 aliphatic heterocycles. The Morgan fingerprint density at radius 1 is 1.56 bits per heavy atom. The van der Waals surface area contributed by atoms with Crippen LogP contribution >= 0.6 is 0 Å². The molecule has 1 saturated carbocycles. The van der Waals surface area contributed by atoms with Gasteiger partial charge in [-0.2, -0.15) is 0 Å². The van der Waals surface area contributed by atoms with Crippen LogP contribution in [-0.4, -0.2) is 41.7 Å². The third kappa shape index (κ3) is 4.10. The lowest BCUT2D eigenvalue weighted by atomic mass is 9.85. The van der Waals surface area contributed by atoms with Crippen molar-refractivity contribution in [2.24, 2.45) is 11.7 Å². The molecule has 0 bridgehead atoms. The number of rotatable bonds is 4. The number of aliphatic hydroxyl groups excluding tert-OH is 1. The van der Waals surface area contributed by atoms with Gasteiger partial charge in [-0.25, -0.2) is 0 Å². The topological polar surface area (TPSA) is 66.6 Å². The Balaban J connectivity index is 2.37. The molecular formula is C12H24N2O2. The highest BCUT2D eigenvalue weighted by Gasteiger charge is 2.27. The Bertz CT molecular complexity index is 231. The van der Waals surface area contributed by atoms with Crippen molar-refractivity contribution in [2.45, 2.75) is 51.2 Å². The molecule has 0 radical (unpaired) electrons.